The largest absolute Gasteiger partial charge is 0.508 e. The van der Waals surface area contributed by atoms with Crippen LogP contribution in [-0.2, 0) is 86.1 Å². The second kappa shape index (κ2) is 30.9. The predicted octanol–water partition coefficient (Wildman–Crippen LogP) is 4.87. The summed E-state index contributed by atoms with van der Waals surface area (Å²) in [5.74, 6) is -9.48. The Hall–Kier alpha value is -9.22. The smallest absolute Gasteiger partial charge is 0.490 e. The first-order chi connectivity index (χ1) is 41.2. The molecule has 2 heterocycles. The molecule has 0 aliphatic carbocycles. The minimum atomic E-state index is -5.17. The van der Waals surface area contributed by atoms with Crippen molar-refractivity contribution in [3.8, 4) is 5.75 Å². The van der Waals surface area contributed by atoms with E-state index < -0.39 is 144 Å². The maximum atomic E-state index is 14.2. The normalized spacial score (nSPS) is 15.1. The van der Waals surface area contributed by atoms with E-state index in [4.69, 9.17) is 20.4 Å². The molecular weight excluding hydrogens is 1190 g/mol. The molecule has 1 aliphatic rings. The van der Waals surface area contributed by atoms with Gasteiger partial charge < -0.3 is 62.5 Å². The number of rotatable bonds is 24. The molecule has 0 unspecified atom stereocenters. The van der Waals surface area contributed by atoms with Crippen molar-refractivity contribution < 1.29 is 97.6 Å². The number of carboxylic acids is 1. The Labute approximate surface area is 496 Å². The number of amides is 7. The second-order valence-corrected chi connectivity index (χ2v) is 20.8. The summed E-state index contributed by atoms with van der Waals surface area (Å²) in [5, 5.41) is 32.5. The molecule has 6 atom stereocenters. The van der Waals surface area contributed by atoms with E-state index in [0.29, 0.717) is 46.1 Å². The molecule has 0 spiro atoms. The van der Waals surface area contributed by atoms with Crippen LogP contribution in [0.4, 0.5) is 39.5 Å². The van der Waals surface area contributed by atoms with Gasteiger partial charge in [-0.05, 0) is 97.2 Å². The maximum absolute atomic E-state index is 14.2. The highest BCUT2D eigenvalue weighted by atomic mass is 19.4. The van der Waals surface area contributed by atoms with E-state index in [-0.39, 0.29) is 56.4 Å². The summed E-state index contributed by atoms with van der Waals surface area (Å²) in [6.45, 7) is 2.69. The van der Waals surface area contributed by atoms with E-state index in [2.05, 4.69) is 36.9 Å². The van der Waals surface area contributed by atoms with Gasteiger partial charge in [0, 0.05) is 36.5 Å². The van der Waals surface area contributed by atoms with Crippen molar-refractivity contribution in [2.45, 2.75) is 121 Å². The average Bonchev–Trinajstić information content (AvgIpc) is 2.71. The number of aromatic hydroxyl groups is 1. The van der Waals surface area contributed by atoms with Crippen LogP contribution < -0.4 is 37.6 Å². The molecule has 6 rings (SSSR count). The van der Waals surface area contributed by atoms with Crippen LogP contribution in [0.15, 0.2) is 103 Å². The lowest BCUT2D eigenvalue weighted by atomic mass is 10.0. The SMILES string of the molecule is CC(C)C[C@H](NC(=O)[C@@H]1CCCN1C(=O)CNC(=O)[C@H](Cc1ccccc1)NC(=O)CNC(=O)[C@@H](C)NC(=O)[C@@H](N)Cc1ccc(O)cc1)C(=O)N[C@@H](Cc1c[nH]c2ccccc12)C(=O)OCc1cc(C(F)(F)F)cc(C(F)(F)F)c1.O=C(O)C(F)(F)F. The summed E-state index contributed by atoms with van der Waals surface area (Å²) in [4.78, 5) is 122. The number of para-hydroxylation sites is 1. The van der Waals surface area contributed by atoms with Crippen LogP contribution in [0, 0.1) is 5.92 Å². The first kappa shape index (κ1) is 69.6. The van der Waals surface area contributed by atoms with Crippen LogP contribution >= 0.6 is 0 Å². The van der Waals surface area contributed by atoms with Crippen molar-refractivity contribution >= 4 is 64.2 Å². The number of hydrogen-bond acceptors (Lipinski definition) is 12. The maximum Gasteiger partial charge on any atom is 0.490 e. The molecule has 1 fully saturated rings. The highest BCUT2D eigenvalue weighted by molar-refractivity contribution is 5.97. The fraction of sp³-hybridized carbons (Fsp3) is 0.397. The van der Waals surface area contributed by atoms with Gasteiger partial charge in [-0.25, -0.2) is 9.59 Å². The summed E-state index contributed by atoms with van der Waals surface area (Å²) in [5.41, 5.74) is 4.58. The zero-order valence-corrected chi connectivity index (χ0v) is 47.3. The van der Waals surface area contributed by atoms with Crippen LogP contribution in [-0.4, -0.2) is 135 Å². The lowest BCUT2D eigenvalue weighted by Crippen LogP contribution is -2.57. The van der Waals surface area contributed by atoms with Gasteiger partial charge in [0.15, 0.2) is 0 Å². The number of nitrogens with one attached hydrogen (secondary N) is 7. The molecule has 476 valence electrons. The van der Waals surface area contributed by atoms with Crippen molar-refractivity contribution in [1.82, 2.24) is 41.8 Å². The topological polar surface area (TPSA) is 321 Å². The van der Waals surface area contributed by atoms with Crippen molar-refractivity contribution in [3.63, 3.8) is 0 Å². The van der Waals surface area contributed by atoms with E-state index in [0.717, 1.165) is 0 Å². The number of aromatic nitrogens is 1. The number of hydrogen-bond donors (Lipinski definition) is 10. The molecule has 1 aromatic heterocycles. The minimum Gasteiger partial charge on any atom is -0.508 e. The lowest BCUT2D eigenvalue weighted by molar-refractivity contribution is -0.192. The Kier molecular flexibility index (Phi) is 24.4. The predicted molar refractivity (Wildman–Crippen MR) is 295 cm³/mol. The highest BCUT2D eigenvalue weighted by Crippen LogP contribution is 2.37. The number of nitrogens with two attached hydrogens (primary N) is 1. The number of aliphatic carboxylic acids is 1. The number of nitrogens with zero attached hydrogens (tertiary/aromatic N) is 1. The van der Waals surface area contributed by atoms with Crippen molar-refractivity contribution in [2.24, 2.45) is 11.7 Å². The summed E-state index contributed by atoms with van der Waals surface area (Å²) in [6.07, 6.45) is -13.6. The molecule has 7 amide bonds. The van der Waals surface area contributed by atoms with Crippen LogP contribution in [0.2, 0.25) is 0 Å². The molecule has 1 aliphatic heterocycles. The van der Waals surface area contributed by atoms with Gasteiger partial charge in [-0.2, -0.15) is 39.5 Å². The molecule has 0 bridgehead atoms. The third-order valence-corrected chi connectivity index (χ3v) is 13.4. The molecule has 30 heteroatoms. The average molecular weight is 1250 g/mol. The summed E-state index contributed by atoms with van der Waals surface area (Å²) in [6, 6.07) is 14.8. The summed E-state index contributed by atoms with van der Waals surface area (Å²) >= 11 is 0. The molecule has 0 radical (unpaired) electrons. The third kappa shape index (κ3) is 21.3. The van der Waals surface area contributed by atoms with Crippen molar-refractivity contribution in [1.29, 1.82) is 0 Å². The van der Waals surface area contributed by atoms with Gasteiger partial charge in [0.2, 0.25) is 41.4 Å². The number of phenols is 1. The van der Waals surface area contributed by atoms with Gasteiger partial charge in [-0.1, -0.05) is 74.5 Å². The van der Waals surface area contributed by atoms with E-state index in [1.54, 1.807) is 86.8 Å². The van der Waals surface area contributed by atoms with Crippen LogP contribution in [0.5, 0.6) is 5.75 Å². The number of phenolic OH excluding ortho intramolecular Hbond substituents is 1. The monoisotopic (exact) mass is 1250 g/mol. The van der Waals surface area contributed by atoms with Crippen molar-refractivity contribution in [3.05, 3.63) is 137 Å². The second-order valence-electron chi connectivity index (χ2n) is 20.8. The number of ether oxygens (including phenoxy) is 1. The van der Waals surface area contributed by atoms with E-state index in [9.17, 15) is 83.0 Å². The Morgan fingerprint density at radius 3 is 1.85 bits per heavy atom. The Morgan fingerprint density at radius 1 is 0.659 bits per heavy atom. The number of carbonyl (C=O) groups excluding carboxylic acids is 8. The zero-order chi connectivity index (χ0) is 65.3. The number of likely N-dealkylation sites (tertiary alicyclic amines) is 1. The Balaban J connectivity index is 0.00000190. The number of halogens is 9. The molecule has 1 saturated heterocycles. The number of carboxylic acid groups (broad SMARTS) is 1. The Morgan fingerprint density at radius 2 is 1.25 bits per heavy atom. The van der Waals surface area contributed by atoms with E-state index in [1.807, 2.05) is 0 Å². The lowest BCUT2D eigenvalue weighted by Gasteiger charge is -2.28. The summed E-state index contributed by atoms with van der Waals surface area (Å²) in [7, 11) is 0. The quantitative estimate of drug-likeness (QED) is 0.0292. The number of fused-ring (bicyclic) bond motifs is 1. The third-order valence-electron chi connectivity index (χ3n) is 13.4. The minimum absolute atomic E-state index is 0.000872. The van der Waals surface area contributed by atoms with E-state index >= 15 is 0 Å². The number of carbonyl (C=O) groups is 9. The van der Waals surface area contributed by atoms with Crippen LogP contribution in [0.25, 0.3) is 10.9 Å². The molecule has 21 nitrogen and oxygen atoms in total. The first-order valence-electron chi connectivity index (χ1n) is 27.1. The van der Waals surface area contributed by atoms with Crippen molar-refractivity contribution in [2.75, 3.05) is 19.6 Å². The van der Waals surface area contributed by atoms with E-state index in [1.165, 1.54) is 24.0 Å². The van der Waals surface area contributed by atoms with Gasteiger partial charge in [0.25, 0.3) is 0 Å². The van der Waals surface area contributed by atoms with Gasteiger partial charge in [-0.3, -0.25) is 33.6 Å². The molecule has 4 aromatic carbocycles. The molecule has 5 aromatic rings. The molecule has 0 saturated carbocycles. The Bertz CT molecular complexity index is 3240. The van der Waals surface area contributed by atoms with Crippen LogP contribution in [0.3, 0.4) is 0 Å². The number of H-pyrrole nitrogens is 1. The van der Waals surface area contributed by atoms with Crippen LogP contribution in [0.1, 0.15) is 73.4 Å². The molecule has 11 N–H and O–H groups in total. The number of aromatic amines is 1. The standard InChI is InChI=1S/C56H63F6N9O10.C2HF3O2/c1-31(2)20-43(52(78)70-45(25-36-27-64-42-13-8-7-12-40(36)42)54(80)81-30-35-21-37(55(57,58)59)26-38(22-35)56(60,61)62)69-53(79)46-14-9-19-71(46)48(74)29-66-51(77)44(24-33-10-5-4-6-11-33)68-47(73)28-65-49(75)32(3)67-50(76)41(63)23-34-15-17-39(72)18-16-34;3-2(4,5)1(6)7/h4-8,10-13,15-18,21-22,26-27,31-32,41,43-46,64,72H,9,14,19-20,23-25,28-30,63H2,1-3H3,(H,65,75)(H,66,77)(H,67,76)(H,68,73)(H,69,79)(H,70,78);(H,6,7)/t32-,41+,43+,44+,45+,46+;/m1./s1. The number of esters is 1. The summed E-state index contributed by atoms with van der Waals surface area (Å²) < 4.78 is 119. The zero-order valence-electron chi connectivity index (χ0n) is 47.3. The van der Waals surface area contributed by atoms with Gasteiger partial charge in [0.1, 0.15) is 42.6 Å². The number of alkyl halides is 9. The molecular formula is C58H64F9N9O12. The van der Waals surface area contributed by atoms with Gasteiger partial charge in [-0.15, -0.1) is 0 Å². The number of benzene rings is 4. The fourth-order valence-corrected chi connectivity index (χ4v) is 9.03. The highest BCUT2D eigenvalue weighted by Gasteiger charge is 2.40. The molecule has 88 heavy (non-hydrogen) atoms. The van der Waals surface area contributed by atoms with Gasteiger partial charge in [0.05, 0.1) is 30.3 Å². The van der Waals surface area contributed by atoms with Gasteiger partial charge >= 0.3 is 30.5 Å². The first-order valence-corrected chi connectivity index (χ1v) is 27.1. The fourth-order valence-electron chi connectivity index (χ4n) is 9.03.